The molecule has 1 fully saturated rings. The summed E-state index contributed by atoms with van der Waals surface area (Å²) in [6.45, 7) is 3.74. The van der Waals surface area contributed by atoms with Gasteiger partial charge >= 0.3 is 0 Å². The zero-order chi connectivity index (χ0) is 20.4. The van der Waals surface area contributed by atoms with E-state index in [1.807, 2.05) is 12.1 Å². The molecule has 2 aliphatic rings. The van der Waals surface area contributed by atoms with E-state index < -0.39 is 0 Å². The molecule has 4 rings (SSSR count). The molecule has 7 nitrogen and oxygen atoms in total. The van der Waals surface area contributed by atoms with Crippen molar-refractivity contribution in [3.63, 3.8) is 0 Å². The van der Waals surface area contributed by atoms with Crippen LogP contribution in [-0.4, -0.2) is 48.9 Å². The van der Waals surface area contributed by atoms with Crippen LogP contribution in [0.15, 0.2) is 23.0 Å². The summed E-state index contributed by atoms with van der Waals surface area (Å²) in [6.07, 6.45) is 4.20. The van der Waals surface area contributed by atoms with Gasteiger partial charge in [-0.05, 0) is 43.5 Å². The fourth-order valence-corrected chi connectivity index (χ4v) is 4.68. The number of benzene rings is 1. The van der Waals surface area contributed by atoms with Crippen molar-refractivity contribution in [1.29, 1.82) is 0 Å². The minimum atomic E-state index is -0.102. The number of piperidine rings is 1. The number of methoxy groups -OCH3 is 3. The largest absolute Gasteiger partial charge is 0.493 e. The molecular weight excluding hydrogens is 370 g/mol. The van der Waals surface area contributed by atoms with Gasteiger partial charge in [0.15, 0.2) is 11.5 Å². The number of ether oxygens (including phenoxy) is 3. The van der Waals surface area contributed by atoms with E-state index in [1.165, 1.54) is 0 Å². The molecule has 1 atom stereocenters. The van der Waals surface area contributed by atoms with Gasteiger partial charge in [0.2, 0.25) is 5.75 Å². The Kier molecular flexibility index (Phi) is 5.76. The molecule has 1 aromatic carbocycles. The van der Waals surface area contributed by atoms with E-state index in [-0.39, 0.29) is 5.56 Å². The predicted molar refractivity (Wildman–Crippen MR) is 110 cm³/mol. The summed E-state index contributed by atoms with van der Waals surface area (Å²) in [5, 5.41) is 0. The van der Waals surface area contributed by atoms with E-state index in [4.69, 9.17) is 14.2 Å². The first-order chi connectivity index (χ1) is 14.1. The highest BCUT2D eigenvalue weighted by Crippen LogP contribution is 2.39. The fraction of sp³-hybridized carbons (Fsp3) is 0.545. The van der Waals surface area contributed by atoms with Crippen LogP contribution in [0.1, 0.15) is 42.3 Å². The maximum absolute atomic E-state index is 12.1. The maximum atomic E-state index is 12.1. The molecule has 156 valence electrons. The van der Waals surface area contributed by atoms with Crippen molar-refractivity contribution in [3.8, 4) is 17.2 Å². The summed E-state index contributed by atoms with van der Waals surface area (Å²) in [4.78, 5) is 18.7. The standard InChI is InChI=1S/C22H29N3O4/c1-27-18-10-15(11-19(28-2)22(18)29-3)13-24-8-4-6-16(14-24)17-12-21(26)23-20-7-5-9-25(17)20/h10-12,16H,4-9,13-14H2,1-3H3. The lowest BCUT2D eigenvalue weighted by Crippen LogP contribution is -2.35. The van der Waals surface area contributed by atoms with Crippen molar-refractivity contribution in [2.24, 2.45) is 0 Å². The van der Waals surface area contributed by atoms with Crippen molar-refractivity contribution in [2.45, 2.75) is 44.7 Å². The first kappa shape index (κ1) is 19.8. The van der Waals surface area contributed by atoms with Crippen LogP contribution >= 0.6 is 0 Å². The predicted octanol–water partition coefficient (Wildman–Crippen LogP) is 2.59. The van der Waals surface area contributed by atoms with Crippen molar-refractivity contribution in [1.82, 2.24) is 14.5 Å². The van der Waals surface area contributed by atoms with Gasteiger partial charge in [-0.1, -0.05) is 0 Å². The Bertz CT molecular complexity index is 915. The molecule has 2 aromatic rings. The van der Waals surface area contributed by atoms with Crippen LogP contribution in [0, 0.1) is 0 Å². The first-order valence-corrected chi connectivity index (χ1v) is 10.2. The molecule has 1 aromatic heterocycles. The lowest BCUT2D eigenvalue weighted by molar-refractivity contribution is 0.195. The van der Waals surface area contributed by atoms with Gasteiger partial charge in [-0.3, -0.25) is 9.69 Å². The maximum Gasteiger partial charge on any atom is 0.273 e. The highest BCUT2D eigenvalue weighted by molar-refractivity contribution is 5.53. The quantitative estimate of drug-likeness (QED) is 0.744. The van der Waals surface area contributed by atoms with Crippen molar-refractivity contribution in [2.75, 3.05) is 34.4 Å². The van der Waals surface area contributed by atoms with Crippen LogP contribution < -0.4 is 19.8 Å². The molecule has 1 saturated heterocycles. The van der Waals surface area contributed by atoms with E-state index in [0.717, 1.165) is 68.9 Å². The van der Waals surface area contributed by atoms with Crippen LogP contribution in [0.25, 0.3) is 0 Å². The zero-order valence-corrected chi connectivity index (χ0v) is 17.4. The summed E-state index contributed by atoms with van der Waals surface area (Å²) < 4.78 is 18.7. The summed E-state index contributed by atoms with van der Waals surface area (Å²) in [5.74, 6) is 3.28. The molecule has 7 heteroatoms. The molecule has 0 saturated carbocycles. The summed E-state index contributed by atoms with van der Waals surface area (Å²) in [5.41, 5.74) is 2.18. The third-order valence-corrected chi connectivity index (χ3v) is 5.97. The van der Waals surface area contributed by atoms with E-state index in [9.17, 15) is 4.79 Å². The van der Waals surface area contributed by atoms with Crippen LogP contribution in [0.5, 0.6) is 17.2 Å². The second kappa shape index (κ2) is 8.45. The first-order valence-electron chi connectivity index (χ1n) is 10.2. The van der Waals surface area contributed by atoms with E-state index >= 15 is 0 Å². The third kappa shape index (κ3) is 3.96. The minimum absolute atomic E-state index is 0.102. The monoisotopic (exact) mass is 399 g/mol. The Morgan fingerprint density at radius 2 is 1.79 bits per heavy atom. The van der Waals surface area contributed by atoms with Gasteiger partial charge in [-0.15, -0.1) is 0 Å². The molecule has 0 aliphatic carbocycles. The second-order valence-electron chi connectivity index (χ2n) is 7.80. The van der Waals surface area contributed by atoms with Crippen LogP contribution in [0.3, 0.4) is 0 Å². The lowest BCUT2D eigenvalue weighted by Gasteiger charge is -2.34. The van der Waals surface area contributed by atoms with Gasteiger partial charge in [0.1, 0.15) is 5.82 Å². The topological polar surface area (TPSA) is 65.8 Å². The lowest BCUT2D eigenvalue weighted by atomic mass is 9.93. The van der Waals surface area contributed by atoms with Gasteiger partial charge in [-0.25, -0.2) is 0 Å². The van der Waals surface area contributed by atoms with Gasteiger partial charge in [0, 0.05) is 43.7 Å². The van der Waals surface area contributed by atoms with Crippen molar-refractivity contribution in [3.05, 3.63) is 45.6 Å². The Morgan fingerprint density at radius 3 is 2.48 bits per heavy atom. The fourth-order valence-electron chi connectivity index (χ4n) is 4.68. The molecule has 29 heavy (non-hydrogen) atoms. The molecule has 0 amide bonds. The molecule has 3 heterocycles. The number of hydrogen-bond acceptors (Lipinski definition) is 6. The molecule has 0 radical (unpaired) electrons. The van der Waals surface area contributed by atoms with Crippen LogP contribution in [-0.2, 0) is 19.5 Å². The van der Waals surface area contributed by atoms with Crippen molar-refractivity contribution < 1.29 is 14.2 Å². The Balaban J connectivity index is 1.55. The molecule has 0 spiro atoms. The van der Waals surface area contributed by atoms with Crippen LogP contribution in [0.2, 0.25) is 0 Å². The van der Waals surface area contributed by atoms with Crippen molar-refractivity contribution >= 4 is 0 Å². The molecule has 0 N–H and O–H groups in total. The molecular formula is C22H29N3O4. The summed E-state index contributed by atoms with van der Waals surface area (Å²) in [6, 6.07) is 5.78. The average molecular weight is 399 g/mol. The third-order valence-electron chi connectivity index (χ3n) is 5.97. The van der Waals surface area contributed by atoms with Gasteiger partial charge < -0.3 is 18.8 Å². The number of fused-ring (bicyclic) bond motifs is 1. The second-order valence-corrected chi connectivity index (χ2v) is 7.80. The SMILES string of the molecule is COc1cc(CN2CCCC(c3cc(=O)nc4n3CCC4)C2)cc(OC)c1OC. The minimum Gasteiger partial charge on any atom is -0.493 e. The van der Waals surface area contributed by atoms with Gasteiger partial charge in [0.25, 0.3) is 5.56 Å². The number of aryl methyl sites for hydroxylation is 1. The number of likely N-dealkylation sites (tertiary alicyclic amines) is 1. The Labute approximate surface area is 171 Å². The Morgan fingerprint density at radius 1 is 1.03 bits per heavy atom. The highest BCUT2D eigenvalue weighted by Gasteiger charge is 2.27. The van der Waals surface area contributed by atoms with E-state index in [1.54, 1.807) is 27.4 Å². The number of hydrogen-bond donors (Lipinski definition) is 0. The van der Waals surface area contributed by atoms with E-state index in [2.05, 4.69) is 14.5 Å². The number of rotatable bonds is 6. The summed E-state index contributed by atoms with van der Waals surface area (Å²) >= 11 is 0. The number of aromatic nitrogens is 2. The van der Waals surface area contributed by atoms with Gasteiger partial charge in [0.05, 0.1) is 21.3 Å². The Hall–Kier alpha value is -2.54. The average Bonchev–Trinajstić information content (AvgIpc) is 3.20. The summed E-state index contributed by atoms with van der Waals surface area (Å²) in [7, 11) is 4.89. The smallest absolute Gasteiger partial charge is 0.273 e. The van der Waals surface area contributed by atoms with Gasteiger partial charge in [-0.2, -0.15) is 4.98 Å². The molecule has 0 bridgehead atoms. The number of nitrogens with zero attached hydrogens (tertiary/aromatic N) is 3. The van der Waals surface area contributed by atoms with Crippen LogP contribution in [0.4, 0.5) is 0 Å². The zero-order valence-electron chi connectivity index (χ0n) is 17.4. The molecule has 1 unspecified atom stereocenters. The normalized spacial score (nSPS) is 19.1. The highest BCUT2D eigenvalue weighted by atomic mass is 16.5. The van der Waals surface area contributed by atoms with E-state index in [0.29, 0.717) is 23.2 Å². The molecule has 2 aliphatic heterocycles.